The molecule has 1 atom stereocenters. The summed E-state index contributed by atoms with van der Waals surface area (Å²) in [5.41, 5.74) is 2.15. The van der Waals surface area contributed by atoms with Crippen LogP contribution in [0.15, 0.2) is 58.5 Å². The van der Waals surface area contributed by atoms with Gasteiger partial charge in [-0.05, 0) is 61.4 Å². The molecular formula is C27H22N2O6S. The Kier molecular flexibility index (Phi) is 5.30. The Morgan fingerprint density at radius 2 is 1.89 bits per heavy atom. The van der Waals surface area contributed by atoms with E-state index in [0.717, 1.165) is 22.2 Å². The SMILES string of the molecule is CCc1ccc2nc(N3C(=O)C(=O)/C(=C(/O)c4ccc5c(c4)OCCO5)C3c3ccc(C)o3)sc2c1. The van der Waals surface area contributed by atoms with E-state index in [4.69, 9.17) is 13.9 Å². The van der Waals surface area contributed by atoms with Crippen molar-refractivity contribution in [3.63, 3.8) is 0 Å². The zero-order chi connectivity index (χ0) is 25.0. The lowest BCUT2D eigenvalue weighted by molar-refractivity contribution is -0.132. The van der Waals surface area contributed by atoms with Gasteiger partial charge in [-0.15, -0.1) is 0 Å². The maximum absolute atomic E-state index is 13.4. The van der Waals surface area contributed by atoms with Gasteiger partial charge in [-0.1, -0.05) is 24.3 Å². The standard InChI is InChI=1S/C27H22N2O6S/c1-3-15-5-7-17-21(12-15)36-27(28-17)29-23(19-8-4-14(2)35-19)22(25(31)26(29)32)24(30)16-6-9-18-20(13-16)34-11-10-33-18/h4-9,12-13,23,30H,3,10-11H2,1-2H3/b24-22+. The van der Waals surface area contributed by atoms with E-state index in [1.165, 1.54) is 16.2 Å². The third kappa shape index (κ3) is 3.54. The Hall–Kier alpha value is -4.11. The van der Waals surface area contributed by atoms with Crippen LogP contribution >= 0.6 is 11.3 Å². The van der Waals surface area contributed by atoms with Crippen LogP contribution in [-0.2, 0) is 16.0 Å². The van der Waals surface area contributed by atoms with Crippen LogP contribution in [0.5, 0.6) is 11.5 Å². The maximum Gasteiger partial charge on any atom is 0.302 e. The van der Waals surface area contributed by atoms with E-state index in [9.17, 15) is 14.7 Å². The van der Waals surface area contributed by atoms with Crippen molar-refractivity contribution in [1.82, 2.24) is 4.98 Å². The highest BCUT2D eigenvalue weighted by Crippen LogP contribution is 2.45. The normalized spacial score (nSPS) is 18.8. The molecular weight excluding hydrogens is 480 g/mol. The van der Waals surface area contributed by atoms with Gasteiger partial charge in [-0.2, -0.15) is 0 Å². The molecule has 36 heavy (non-hydrogen) atoms. The van der Waals surface area contributed by atoms with E-state index in [0.29, 0.717) is 46.9 Å². The van der Waals surface area contributed by atoms with Gasteiger partial charge in [0.25, 0.3) is 5.78 Å². The van der Waals surface area contributed by atoms with E-state index >= 15 is 0 Å². The van der Waals surface area contributed by atoms with E-state index in [1.54, 1.807) is 37.3 Å². The van der Waals surface area contributed by atoms with E-state index in [2.05, 4.69) is 11.9 Å². The van der Waals surface area contributed by atoms with E-state index < -0.39 is 17.7 Å². The predicted molar refractivity (Wildman–Crippen MR) is 135 cm³/mol. The van der Waals surface area contributed by atoms with Gasteiger partial charge in [0.1, 0.15) is 36.5 Å². The third-order valence-electron chi connectivity index (χ3n) is 6.35. The van der Waals surface area contributed by atoms with Gasteiger partial charge >= 0.3 is 5.91 Å². The Morgan fingerprint density at radius 1 is 1.08 bits per heavy atom. The van der Waals surface area contributed by atoms with Gasteiger partial charge in [0.2, 0.25) is 0 Å². The van der Waals surface area contributed by atoms with Crippen molar-refractivity contribution in [3.8, 4) is 11.5 Å². The summed E-state index contributed by atoms with van der Waals surface area (Å²) in [6.45, 7) is 4.66. The molecule has 1 N–H and O–H groups in total. The summed E-state index contributed by atoms with van der Waals surface area (Å²) < 4.78 is 18.0. The molecule has 2 aromatic heterocycles. The van der Waals surface area contributed by atoms with Crippen molar-refractivity contribution in [2.24, 2.45) is 0 Å². The fraction of sp³-hybridized carbons (Fsp3) is 0.222. The molecule has 2 aliphatic heterocycles. The molecule has 9 heteroatoms. The summed E-state index contributed by atoms with van der Waals surface area (Å²) in [7, 11) is 0. The van der Waals surface area contributed by atoms with Crippen molar-refractivity contribution in [3.05, 3.63) is 76.8 Å². The first kappa shape index (κ1) is 22.4. The summed E-state index contributed by atoms with van der Waals surface area (Å²) in [5.74, 6) is 0.0884. The number of benzene rings is 2. The van der Waals surface area contributed by atoms with Crippen molar-refractivity contribution in [2.45, 2.75) is 26.3 Å². The molecule has 2 aliphatic rings. The molecule has 1 saturated heterocycles. The highest BCUT2D eigenvalue weighted by Gasteiger charge is 2.49. The second kappa shape index (κ2) is 8.53. The number of furan rings is 1. The molecule has 1 unspecified atom stereocenters. The highest BCUT2D eigenvalue weighted by atomic mass is 32.1. The number of aliphatic hydroxyl groups excluding tert-OH is 1. The largest absolute Gasteiger partial charge is 0.507 e. The van der Waals surface area contributed by atoms with Gasteiger partial charge in [0.05, 0.1) is 15.8 Å². The van der Waals surface area contributed by atoms with Crippen LogP contribution in [0, 0.1) is 6.92 Å². The number of ether oxygens (including phenoxy) is 2. The number of ketones is 1. The van der Waals surface area contributed by atoms with Gasteiger partial charge in [-0.25, -0.2) is 4.98 Å². The van der Waals surface area contributed by atoms with Gasteiger partial charge in [0.15, 0.2) is 16.6 Å². The van der Waals surface area contributed by atoms with Crippen LogP contribution < -0.4 is 14.4 Å². The van der Waals surface area contributed by atoms with E-state index in [1.807, 2.05) is 18.2 Å². The molecule has 0 bridgehead atoms. The van der Waals surface area contributed by atoms with Crippen LogP contribution in [0.1, 0.15) is 35.6 Å². The maximum atomic E-state index is 13.4. The van der Waals surface area contributed by atoms with Gasteiger partial charge in [-0.3, -0.25) is 14.5 Å². The molecule has 1 fully saturated rings. The van der Waals surface area contributed by atoms with Crippen molar-refractivity contribution in [2.75, 3.05) is 18.1 Å². The summed E-state index contributed by atoms with van der Waals surface area (Å²) in [6.07, 6.45) is 0.870. The molecule has 0 spiro atoms. The highest BCUT2D eigenvalue weighted by molar-refractivity contribution is 7.22. The minimum absolute atomic E-state index is 0.0699. The number of fused-ring (bicyclic) bond motifs is 2. The average Bonchev–Trinajstić information content (AvgIpc) is 3.58. The number of aromatic nitrogens is 1. The molecule has 4 heterocycles. The number of aliphatic hydroxyl groups is 1. The van der Waals surface area contributed by atoms with Crippen LogP contribution in [0.2, 0.25) is 0 Å². The molecule has 182 valence electrons. The van der Waals surface area contributed by atoms with E-state index in [-0.39, 0.29) is 11.3 Å². The van der Waals surface area contributed by atoms with Gasteiger partial charge < -0.3 is 19.0 Å². The molecule has 8 nitrogen and oxygen atoms in total. The summed E-state index contributed by atoms with van der Waals surface area (Å²) in [5, 5.41) is 11.7. The molecule has 1 amide bonds. The topological polar surface area (TPSA) is 102 Å². The summed E-state index contributed by atoms with van der Waals surface area (Å²) in [4.78, 5) is 32.7. The van der Waals surface area contributed by atoms with Crippen LogP contribution in [0.3, 0.4) is 0 Å². The number of anilines is 1. The van der Waals surface area contributed by atoms with Crippen LogP contribution in [-0.4, -0.2) is 35.0 Å². The minimum atomic E-state index is -0.974. The number of carbonyl (C=O) groups excluding carboxylic acids is 2. The number of carbonyl (C=O) groups is 2. The van der Waals surface area contributed by atoms with Crippen molar-refractivity contribution >= 4 is 44.1 Å². The number of thiazole rings is 1. The Balaban J connectivity index is 1.52. The third-order valence-corrected chi connectivity index (χ3v) is 7.36. The number of aryl methyl sites for hydroxylation is 2. The second-order valence-corrected chi connectivity index (χ2v) is 9.64. The number of hydrogen-bond donors (Lipinski definition) is 1. The Labute approximate surface area is 210 Å². The minimum Gasteiger partial charge on any atom is -0.507 e. The first-order valence-corrected chi connectivity index (χ1v) is 12.4. The molecule has 0 saturated carbocycles. The lowest BCUT2D eigenvalue weighted by Gasteiger charge is -2.21. The number of Topliss-reactive ketones (excluding diaryl/α,β-unsaturated/α-hetero) is 1. The molecule has 2 aromatic carbocycles. The van der Waals surface area contributed by atoms with Gasteiger partial charge in [0, 0.05) is 5.56 Å². The monoisotopic (exact) mass is 502 g/mol. The Bertz CT molecular complexity index is 1570. The molecule has 0 aliphatic carbocycles. The Morgan fingerprint density at radius 3 is 2.64 bits per heavy atom. The molecule has 6 rings (SSSR count). The fourth-order valence-electron chi connectivity index (χ4n) is 4.53. The molecule has 4 aromatic rings. The molecule has 0 radical (unpaired) electrons. The first-order chi connectivity index (χ1) is 17.4. The first-order valence-electron chi connectivity index (χ1n) is 11.6. The predicted octanol–water partition coefficient (Wildman–Crippen LogP) is 5.16. The fourth-order valence-corrected chi connectivity index (χ4v) is 5.58. The number of amides is 1. The summed E-state index contributed by atoms with van der Waals surface area (Å²) >= 11 is 1.32. The quantitative estimate of drug-likeness (QED) is 0.234. The lowest BCUT2D eigenvalue weighted by atomic mass is 9.99. The summed E-state index contributed by atoms with van der Waals surface area (Å²) in [6, 6.07) is 13.3. The zero-order valence-electron chi connectivity index (χ0n) is 19.6. The van der Waals surface area contributed by atoms with Crippen LogP contribution in [0.4, 0.5) is 5.13 Å². The number of nitrogens with zero attached hydrogens (tertiary/aromatic N) is 2. The lowest BCUT2D eigenvalue weighted by Crippen LogP contribution is -2.29. The smallest absolute Gasteiger partial charge is 0.302 e. The van der Waals surface area contributed by atoms with Crippen molar-refractivity contribution < 1.29 is 28.6 Å². The van der Waals surface area contributed by atoms with Crippen molar-refractivity contribution in [1.29, 1.82) is 0 Å². The second-order valence-electron chi connectivity index (χ2n) is 8.63. The average molecular weight is 503 g/mol. The van der Waals surface area contributed by atoms with Crippen LogP contribution in [0.25, 0.3) is 16.0 Å². The zero-order valence-corrected chi connectivity index (χ0v) is 20.4. The number of rotatable bonds is 4. The number of hydrogen-bond acceptors (Lipinski definition) is 8.